The van der Waals surface area contributed by atoms with Gasteiger partial charge in [-0.3, -0.25) is 4.28 Å². The summed E-state index contributed by atoms with van der Waals surface area (Å²) < 4.78 is 29.1. The normalized spacial score (nSPS) is 16.8. The summed E-state index contributed by atoms with van der Waals surface area (Å²) in [6.45, 7) is 4.15. The molecule has 0 fully saturated rings. The standard InChI is InChI=1S/C22H28N2O3S2/c1-3-4-5-6-7-10-15-29(25,26)27-24-22-21(13-14-28-22)20(17-23)16-19-12-9-8-11-18(19)2/h8-9,11-14H,3-7,10,15-16H2,1-2H3. The molecule has 0 spiro atoms. The lowest BCUT2D eigenvalue weighted by atomic mass is 9.98. The fourth-order valence-corrected chi connectivity index (χ4v) is 4.58. The molecule has 1 aromatic rings. The molecule has 7 heteroatoms. The molecule has 1 aliphatic rings. The molecule has 0 aromatic heterocycles. The summed E-state index contributed by atoms with van der Waals surface area (Å²) in [4.78, 5) is 0. The Labute approximate surface area is 178 Å². The van der Waals surface area contributed by atoms with Crippen LogP contribution in [-0.4, -0.2) is 19.2 Å². The first kappa shape index (κ1) is 23.2. The van der Waals surface area contributed by atoms with Gasteiger partial charge in [0.05, 0.1) is 11.8 Å². The van der Waals surface area contributed by atoms with Gasteiger partial charge in [-0.1, -0.05) is 80.2 Å². The summed E-state index contributed by atoms with van der Waals surface area (Å²) in [5, 5.41) is 15.7. The van der Waals surface area contributed by atoms with Gasteiger partial charge in [-0.15, -0.1) is 0 Å². The van der Waals surface area contributed by atoms with Gasteiger partial charge in [0.1, 0.15) is 5.04 Å². The van der Waals surface area contributed by atoms with Crippen molar-refractivity contribution in [1.82, 2.24) is 0 Å². The van der Waals surface area contributed by atoms with Crippen LogP contribution in [0.25, 0.3) is 0 Å². The maximum atomic E-state index is 12.1. The van der Waals surface area contributed by atoms with Crippen molar-refractivity contribution in [2.75, 3.05) is 5.75 Å². The molecule has 1 aromatic carbocycles. The minimum atomic E-state index is -3.72. The molecule has 29 heavy (non-hydrogen) atoms. The van der Waals surface area contributed by atoms with Crippen LogP contribution in [0.15, 0.2) is 52.1 Å². The summed E-state index contributed by atoms with van der Waals surface area (Å²) in [5.74, 6) is -0.0403. The third kappa shape index (κ3) is 7.71. The summed E-state index contributed by atoms with van der Waals surface area (Å²) in [5.41, 5.74) is 3.32. The summed E-state index contributed by atoms with van der Waals surface area (Å²) in [6.07, 6.45) is 8.20. The lowest BCUT2D eigenvalue weighted by Gasteiger charge is -2.07. The number of nitriles is 1. The minimum absolute atomic E-state index is 0.0403. The van der Waals surface area contributed by atoms with E-state index in [0.717, 1.165) is 36.8 Å². The fourth-order valence-electron chi connectivity index (χ4n) is 2.98. The van der Waals surface area contributed by atoms with Crippen molar-refractivity contribution in [3.63, 3.8) is 0 Å². The van der Waals surface area contributed by atoms with Crippen molar-refractivity contribution >= 4 is 26.9 Å². The second-order valence-electron chi connectivity index (χ2n) is 7.03. The molecule has 5 nitrogen and oxygen atoms in total. The molecule has 0 radical (unpaired) electrons. The lowest BCUT2D eigenvalue weighted by Crippen LogP contribution is -2.09. The van der Waals surface area contributed by atoms with Gasteiger partial charge >= 0.3 is 10.1 Å². The summed E-state index contributed by atoms with van der Waals surface area (Å²) in [6, 6.07) is 10.1. The van der Waals surface area contributed by atoms with Gasteiger partial charge < -0.3 is 0 Å². The van der Waals surface area contributed by atoms with E-state index in [1.165, 1.54) is 18.2 Å². The number of thioether (sulfide) groups is 1. The van der Waals surface area contributed by atoms with Gasteiger partial charge in [0.2, 0.25) is 0 Å². The van der Waals surface area contributed by atoms with Crippen molar-refractivity contribution in [3.05, 3.63) is 58.0 Å². The zero-order valence-electron chi connectivity index (χ0n) is 17.1. The summed E-state index contributed by atoms with van der Waals surface area (Å²) >= 11 is 1.26. The largest absolute Gasteiger partial charge is 0.328 e. The van der Waals surface area contributed by atoms with E-state index in [1.54, 1.807) is 11.5 Å². The zero-order chi connectivity index (χ0) is 21.1. The number of oxime groups is 1. The zero-order valence-corrected chi connectivity index (χ0v) is 18.7. The number of rotatable bonds is 11. The van der Waals surface area contributed by atoms with Crippen LogP contribution in [0.5, 0.6) is 0 Å². The molecule has 1 aliphatic heterocycles. The van der Waals surface area contributed by atoms with Crippen LogP contribution in [0.2, 0.25) is 0 Å². The van der Waals surface area contributed by atoms with Crippen molar-refractivity contribution < 1.29 is 12.7 Å². The quantitative estimate of drug-likeness (QED) is 0.257. The fraction of sp³-hybridized carbons (Fsp3) is 0.455. The molecule has 0 saturated heterocycles. The molecular weight excluding hydrogens is 404 g/mol. The van der Waals surface area contributed by atoms with E-state index in [9.17, 15) is 13.7 Å². The summed E-state index contributed by atoms with van der Waals surface area (Å²) in [7, 11) is -3.72. The van der Waals surface area contributed by atoms with Gasteiger partial charge in [-0.05, 0) is 36.0 Å². The first-order valence-electron chi connectivity index (χ1n) is 9.97. The molecule has 0 N–H and O–H groups in total. The Morgan fingerprint density at radius 2 is 1.90 bits per heavy atom. The first-order valence-corrected chi connectivity index (χ1v) is 12.4. The average molecular weight is 433 g/mol. The van der Waals surface area contributed by atoms with Crippen LogP contribution in [0.3, 0.4) is 0 Å². The highest BCUT2D eigenvalue weighted by Crippen LogP contribution is 2.28. The van der Waals surface area contributed by atoms with Crippen molar-refractivity contribution in [1.29, 1.82) is 5.26 Å². The van der Waals surface area contributed by atoms with Crippen LogP contribution in [0, 0.1) is 18.3 Å². The van der Waals surface area contributed by atoms with Crippen molar-refractivity contribution in [2.24, 2.45) is 5.16 Å². The van der Waals surface area contributed by atoms with Gasteiger partial charge in [-0.25, -0.2) is 0 Å². The van der Waals surface area contributed by atoms with E-state index in [0.29, 0.717) is 29.0 Å². The Balaban J connectivity index is 2.01. The number of aryl methyl sites for hydroxylation is 1. The van der Waals surface area contributed by atoms with Crippen molar-refractivity contribution in [3.8, 4) is 6.07 Å². The average Bonchev–Trinajstić information content (AvgIpc) is 3.17. The molecule has 0 bridgehead atoms. The van der Waals surface area contributed by atoms with Crippen LogP contribution in [0.4, 0.5) is 0 Å². The monoisotopic (exact) mass is 432 g/mol. The second-order valence-corrected chi connectivity index (χ2v) is 9.60. The molecule has 1 heterocycles. The maximum Gasteiger partial charge on any atom is 0.328 e. The number of hydrogen-bond donors (Lipinski definition) is 0. The molecule has 0 saturated carbocycles. The lowest BCUT2D eigenvalue weighted by molar-refractivity contribution is 0.339. The smallest absolute Gasteiger partial charge is 0.267 e. The Morgan fingerprint density at radius 1 is 1.17 bits per heavy atom. The molecular formula is C22H28N2O3S2. The van der Waals surface area contributed by atoms with Crippen molar-refractivity contribution in [2.45, 2.75) is 58.8 Å². The van der Waals surface area contributed by atoms with E-state index >= 15 is 0 Å². The predicted octanol–water partition coefficient (Wildman–Crippen LogP) is 5.64. The number of unbranched alkanes of at least 4 members (excludes halogenated alkanes) is 5. The van der Waals surface area contributed by atoms with Gasteiger partial charge in [0.25, 0.3) is 0 Å². The third-order valence-corrected chi connectivity index (χ3v) is 6.60. The Bertz CT molecular complexity index is 926. The highest BCUT2D eigenvalue weighted by molar-refractivity contribution is 8.17. The Kier molecular flexibility index (Phi) is 9.49. The second kappa shape index (κ2) is 11.8. The highest BCUT2D eigenvalue weighted by Gasteiger charge is 2.19. The van der Waals surface area contributed by atoms with Crippen LogP contribution >= 0.6 is 11.8 Å². The van der Waals surface area contributed by atoms with E-state index in [2.05, 4.69) is 18.1 Å². The number of allylic oxidation sites excluding steroid dienone is 2. The Morgan fingerprint density at radius 3 is 2.62 bits per heavy atom. The topological polar surface area (TPSA) is 79.5 Å². The molecule has 0 atom stereocenters. The number of hydrogen-bond acceptors (Lipinski definition) is 6. The predicted molar refractivity (Wildman–Crippen MR) is 120 cm³/mol. The van der Waals surface area contributed by atoms with Crippen LogP contribution in [-0.2, 0) is 20.8 Å². The van der Waals surface area contributed by atoms with Crippen LogP contribution < -0.4 is 0 Å². The SMILES string of the molecule is CCCCCCCCS(=O)(=O)ON=C1SC=CC1=C(C#N)Cc1ccccc1C. The molecule has 156 valence electrons. The Hall–Kier alpha value is -2.04. The third-order valence-electron chi connectivity index (χ3n) is 4.71. The van der Waals surface area contributed by atoms with E-state index in [-0.39, 0.29) is 5.75 Å². The van der Waals surface area contributed by atoms with E-state index in [1.807, 2.05) is 31.2 Å². The molecule has 0 unspecified atom stereocenters. The van der Waals surface area contributed by atoms with Gasteiger partial charge in [-0.2, -0.15) is 13.7 Å². The van der Waals surface area contributed by atoms with Gasteiger partial charge in [0, 0.05) is 17.6 Å². The molecule has 0 amide bonds. The number of nitrogens with zero attached hydrogens (tertiary/aromatic N) is 2. The molecule has 2 rings (SSSR count). The van der Waals surface area contributed by atoms with E-state index < -0.39 is 10.1 Å². The van der Waals surface area contributed by atoms with Gasteiger partial charge in [0.15, 0.2) is 0 Å². The highest BCUT2D eigenvalue weighted by atomic mass is 32.2. The van der Waals surface area contributed by atoms with Crippen LogP contribution in [0.1, 0.15) is 56.6 Å². The van der Waals surface area contributed by atoms with E-state index in [4.69, 9.17) is 4.28 Å². The maximum absolute atomic E-state index is 12.1. The molecule has 0 aliphatic carbocycles. The first-order chi connectivity index (χ1) is 14.0. The number of benzene rings is 1. The minimum Gasteiger partial charge on any atom is -0.267 e.